The Morgan fingerprint density at radius 3 is 3.17 bits per heavy atom. The van der Waals surface area contributed by atoms with Crippen LogP contribution in [0.5, 0.6) is 0 Å². The molecule has 64 valence electrons. The van der Waals surface area contributed by atoms with Gasteiger partial charge in [0.25, 0.3) is 0 Å². The van der Waals surface area contributed by atoms with E-state index in [4.69, 9.17) is 4.74 Å². The highest BCUT2D eigenvalue weighted by molar-refractivity contribution is 5.92. The van der Waals surface area contributed by atoms with Gasteiger partial charge in [0.05, 0.1) is 5.76 Å². The van der Waals surface area contributed by atoms with Gasteiger partial charge in [-0.3, -0.25) is 4.79 Å². The van der Waals surface area contributed by atoms with E-state index in [0.29, 0.717) is 5.92 Å². The van der Waals surface area contributed by atoms with Crippen LogP contribution in [0, 0.1) is 11.8 Å². The molecule has 1 aliphatic heterocycles. The fourth-order valence-corrected chi connectivity index (χ4v) is 1.90. The van der Waals surface area contributed by atoms with Crippen LogP contribution in [0.1, 0.15) is 13.3 Å². The van der Waals surface area contributed by atoms with E-state index in [-0.39, 0.29) is 17.8 Å². The predicted octanol–water partition coefficient (Wildman–Crippen LogP) is 1.68. The summed E-state index contributed by atoms with van der Waals surface area (Å²) >= 11 is 0. The van der Waals surface area contributed by atoms with E-state index in [1.165, 1.54) is 0 Å². The molecule has 0 N–H and O–H groups in total. The molecule has 0 bridgehead atoms. The van der Waals surface area contributed by atoms with E-state index < -0.39 is 0 Å². The van der Waals surface area contributed by atoms with E-state index in [0.717, 1.165) is 12.2 Å². The molecule has 1 heterocycles. The zero-order valence-corrected chi connectivity index (χ0v) is 7.12. The molecule has 12 heavy (non-hydrogen) atoms. The average Bonchev–Trinajstić information content (AvgIpc) is 2.39. The lowest BCUT2D eigenvalue weighted by atomic mass is 9.81. The Bertz CT molecular complexity index is 265. The molecular weight excluding hydrogens is 152 g/mol. The molecule has 0 amide bonds. The molecule has 0 radical (unpaired) electrons. The molecule has 0 spiro atoms. The smallest absolute Gasteiger partial charge is 0.158 e. The van der Waals surface area contributed by atoms with Gasteiger partial charge in [0.15, 0.2) is 5.78 Å². The van der Waals surface area contributed by atoms with Crippen LogP contribution in [0.15, 0.2) is 24.5 Å². The van der Waals surface area contributed by atoms with Gasteiger partial charge < -0.3 is 4.74 Å². The van der Waals surface area contributed by atoms with Gasteiger partial charge in [-0.2, -0.15) is 0 Å². The average molecular weight is 164 g/mol. The molecule has 2 aliphatic rings. The number of allylic oxidation sites excluding steroid dienone is 2. The molecule has 2 nitrogen and oxygen atoms in total. The van der Waals surface area contributed by atoms with Crippen molar-refractivity contribution in [2.75, 3.05) is 0 Å². The van der Waals surface area contributed by atoms with Gasteiger partial charge >= 0.3 is 0 Å². The van der Waals surface area contributed by atoms with E-state index in [1.807, 2.05) is 13.0 Å². The molecule has 2 rings (SSSR count). The number of hydrogen-bond donors (Lipinski definition) is 0. The zero-order valence-electron chi connectivity index (χ0n) is 7.12. The first kappa shape index (κ1) is 7.59. The Morgan fingerprint density at radius 2 is 2.42 bits per heavy atom. The third kappa shape index (κ3) is 0.986. The topological polar surface area (TPSA) is 26.3 Å². The first-order valence-electron chi connectivity index (χ1n) is 4.25. The summed E-state index contributed by atoms with van der Waals surface area (Å²) in [6.45, 7) is 5.73. The van der Waals surface area contributed by atoms with Crippen molar-refractivity contribution in [3.8, 4) is 0 Å². The number of carbonyl (C=O) groups excluding carboxylic acids is 1. The third-order valence-electron chi connectivity index (χ3n) is 2.73. The van der Waals surface area contributed by atoms with Crippen molar-refractivity contribution in [2.24, 2.45) is 11.8 Å². The van der Waals surface area contributed by atoms with Gasteiger partial charge in [-0.05, 0) is 12.2 Å². The maximum atomic E-state index is 11.3. The van der Waals surface area contributed by atoms with E-state index in [9.17, 15) is 4.79 Å². The molecule has 3 atom stereocenters. The van der Waals surface area contributed by atoms with Crippen LogP contribution in [-0.4, -0.2) is 11.9 Å². The Morgan fingerprint density at radius 1 is 1.67 bits per heavy atom. The fourth-order valence-electron chi connectivity index (χ4n) is 1.90. The molecule has 1 aliphatic carbocycles. The van der Waals surface area contributed by atoms with Crippen molar-refractivity contribution in [3.63, 3.8) is 0 Å². The second-order valence-corrected chi connectivity index (χ2v) is 3.54. The molecule has 2 heteroatoms. The maximum Gasteiger partial charge on any atom is 0.158 e. The summed E-state index contributed by atoms with van der Waals surface area (Å²) in [5.74, 6) is 1.46. The monoisotopic (exact) mass is 164 g/mol. The number of ketones is 1. The van der Waals surface area contributed by atoms with Crippen molar-refractivity contribution in [3.05, 3.63) is 24.5 Å². The van der Waals surface area contributed by atoms with Crippen molar-refractivity contribution in [1.29, 1.82) is 0 Å². The van der Waals surface area contributed by atoms with Gasteiger partial charge in [-0.1, -0.05) is 13.5 Å². The Balaban J connectivity index is 2.27. The lowest BCUT2D eigenvalue weighted by Crippen LogP contribution is -2.29. The first-order chi connectivity index (χ1) is 5.68. The molecule has 0 aromatic carbocycles. The van der Waals surface area contributed by atoms with Crippen LogP contribution < -0.4 is 0 Å². The van der Waals surface area contributed by atoms with Gasteiger partial charge in [-0.25, -0.2) is 0 Å². The summed E-state index contributed by atoms with van der Waals surface area (Å²) in [6.07, 6.45) is 4.42. The summed E-state index contributed by atoms with van der Waals surface area (Å²) in [5, 5.41) is 0. The summed E-state index contributed by atoms with van der Waals surface area (Å²) < 4.78 is 5.45. The maximum absolute atomic E-state index is 11.3. The zero-order chi connectivity index (χ0) is 8.72. The SMILES string of the molecule is C=C1C[C@@H]2C(C=CC(=O)[C@@H]2C)O1. The molecule has 1 fully saturated rings. The number of fused-ring (bicyclic) bond motifs is 1. The van der Waals surface area contributed by atoms with Crippen LogP contribution in [0.2, 0.25) is 0 Å². The molecule has 0 aromatic heterocycles. The van der Waals surface area contributed by atoms with Gasteiger partial charge in [0, 0.05) is 18.3 Å². The molecule has 1 unspecified atom stereocenters. The number of carbonyl (C=O) groups is 1. The lowest BCUT2D eigenvalue weighted by molar-refractivity contribution is -0.120. The van der Waals surface area contributed by atoms with E-state index in [1.54, 1.807) is 6.08 Å². The van der Waals surface area contributed by atoms with Crippen LogP contribution in [0.3, 0.4) is 0 Å². The minimum absolute atomic E-state index is 0.0965. The van der Waals surface area contributed by atoms with E-state index in [2.05, 4.69) is 6.58 Å². The van der Waals surface area contributed by atoms with Crippen molar-refractivity contribution in [2.45, 2.75) is 19.4 Å². The highest BCUT2D eigenvalue weighted by Gasteiger charge is 2.38. The lowest BCUT2D eigenvalue weighted by Gasteiger charge is -2.23. The molecule has 1 saturated heterocycles. The van der Waals surface area contributed by atoms with E-state index >= 15 is 0 Å². The summed E-state index contributed by atoms with van der Waals surface area (Å²) in [4.78, 5) is 11.3. The minimum Gasteiger partial charge on any atom is -0.491 e. The number of rotatable bonds is 0. The molecule has 0 saturated carbocycles. The standard InChI is InChI=1S/C10H12O2/c1-6-5-8-7(2)9(11)3-4-10(8)12-6/h3-4,7-8,10H,1,5H2,2H3/t7-,8+,10?/m1/s1. The first-order valence-corrected chi connectivity index (χ1v) is 4.25. The number of hydrogen-bond acceptors (Lipinski definition) is 2. The Kier molecular flexibility index (Phi) is 1.56. The highest BCUT2D eigenvalue weighted by atomic mass is 16.5. The molecular formula is C10H12O2. The van der Waals surface area contributed by atoms with Crippen molar-refractivity contribution < 1.29 is 9.53 Å². The summed E-state index contributed by atoms with van der Waals surface area (Å²) in [7, 11) is 0. The largest absolute Gasteiger partial charge is 0.491 e. The summed E-state index contributed by atoms with van der Waals surface area (Å²) in [5.41, 5.74) is 0. The quantitative estimate of drug-likeness (QED) is 0.544. The summed E-state index contributed by atoms with van der Waals surface area (Å²) in [6, 6.07) is 0. The van der Waals surface area contributed by atoms with Crippen LogP contribution >= 0.6 is 0 Å². The second kappa shape index (κ2) is 2.47. The third-order valence-corrected chi connectivity index (χ3v) is 2.73. The second-order valence-electron chi connectivity index (χ2n) is 3.54. The van der Waals surface area contributed by atoms with Crippen molar-refractivity contribution in [1.82, 2.24) is 0 Å². The Labute approximate surface area is 71.9 Å². The predicted molar refractivity (Wildman–Crippen MR) is 45.4 cm³/mol. The fraction of sp³-hybridized carbons (Fsp3) is 0.500. The normalized spacial score (nSPS) is 39.6. The van der Waals surface area contributed by atoms with Gasteiger partial charge in [0.1, 0.15) is 6.10 Å². The van der Waals surface area contributed by atoms with Gasteiger partial charge in [0.2, 0.25) is 0 Å². The minimum atomic E-state index is 0.0965. The Hall–Kier alpha value is -1.05. The van der Waals surface area contributed by atoms with Crippen LogP contribution in [0.4, 0.5) is 0 Å². The van der Waals surface area contributed by atoms with Crippen LogP contribution in [-0.2, 0) is 9.53 Å². The molecule has 0 aromatic rings. The van der Waals surface area contributed by atoms with Crippen LogP contribution in [0.25, 0.3) is 0 Å². The van der Waals surface area contributed by atoms with Gasteiger partial charge in [-0.15, -0.1) is 0 Å². The number of ether oxygens (including phenoxy) is 1. The highest BCUT2D eigenvalue weighted by Crippen LogP contribution is 2.37. The van der Waals surface area contributed by atoms with Crippen molar-refractivity contribution >= 4 is 5.78 Å².